The number of fused-ring (bicyclic) bond motifs is 1. The van der Waals surface area contributed by atoms with E-state index in [0.29, 0.717) is 11.5 Å². The van der Waals surface area contributed by atoms with Crippen molar-refractivity contribution in [2.24, 2.45) is 5.92 Å². The molecule has 5 heteroatoms. The maximum atomic E-state index is 12.5. The van der Waals surface area contributed by atoms with Crippen LogP contribution in [0.5, 0.6) is 5.75 Å². The van der Waals surface area contributed by atoms with Crippen molar-refractivity contribution in [1.29, 1.82) is 0 Å². The van der Waals surface area contributed by atoms with Crippen molar-refractivity contribution in [2.75, 3.05) is 39.3 Å². The van der Waals surface area contributed by atoms with Gasteiger partial charge in [-0.15, -0.1) is 0 Å². The summed E-state index contributed by atoms with van der Waals surface area (Å²) in [6.07, 6.45) is 6.27. The van der Waals surface area contributed by atoms with Crippen LogP contribution in [0.1, 0.15) is 28.8 Å². The molecule has 1 unspecified atom stereocenters. The van der Waals surface area contributed by atoms with Gasteiger partial charge in [-0.05, 0) is 49.4 Å². The topological polar surface area (TPSA) is 45.9 Å². The number of hydrogen-bond acceptors (Lipinski definition) is 4. The molecule has 2 aliphatic rings. The third-order valence-corrected chi connectivity index (χ3v) is 5.43. The van der Waals surface area contributed by atoms with E-state index in [9.17, 15) is 4.79 Å². The largest absolute Gasteiger partial charge is 0.493 e. The lowest BCUT2D eigenvalue weighted by molar-refractivity contribution is 0.0759. The Bertz CT molecular complexity index is 729. The predicted octanol–water partition coefficient (Wildman–Crippen LogP) is 3.07. The molecule has 0 saturated carbocycles. The van der Waals surface area contributed by atoms with Gasteiger partial charge in [0.2, 0.25) is 0 Å². The van der Waals surface area contributed by atoms with E-state index >= 15 is 0 Å². The van der Waals surface area contributed by atoms with Crippen molar-refractivity contribution in [1.82, 2.24) is 9.80 Å². The minimum absolute atomic E-state index is 0.0809. The Morgan fingerprint density at radius 3 is 2.92 bits per heavy atom. The molecular formula is C21H26N2O3. The highest BCUT2D eigenvalue weighted by molar-refractivity contribution is 5.93. The Labute approximate surface area is 154 Å². The fourth-order valence-corrected chi connectivity index (χ4v) is 4.01. The summed E-state index contributed by atoms with van der Waals surface area (Å²) in [6, 6.07) is 10.1. The van der Waals surface area contributed by atoms with E-state index in [1.165, 1.54) is 11.8 Å². The van der Waals surface area contributed by atoms with Gasteiger partial charge in [-0.3, -0.25) is 4.79 Å². The monoisotopic (exact) mass is 354 g/mol. The number of ether oxygens (including phenoxy) is 1. The first-order valence-electron chi connectivity index (χ1n) is 9.54. The van der Waals surface area contributed by atoms with Crippen LogP contribution in [0.3, 0.4) is 0 Å². The molecule has 2 aliphatic heterocycles. The summed E-state index contributed by atoms with van der Waals surface area (Å²) in [6.45, 7) is 5.45. The van der Waals surface area contributed by atoms with Crippen LogP contribution in [-0.4, -0.2) is 55.0 Å². The van der Waals surface area contributed by atoms with E-state index < -0.39 is 0 Å². The van der Waals surface area contributed by atoms with Crippen LogP contribution in [0.25, 0.3) is 0 Å². The predicted molar refractivity (Wildman–Crippen MR) is 99.4 cm³/mol. The van der Waals surface area contributed by atoms with Gasteiger partial charge in [0.15, 0.2) is 0 Å². The van der Waals surface area contributed by atoms with Crippen molar-refractivity contribution in [3.05, 3.63) is 54.0 Å². The number of hydrogen-bond donors (Lipinski definition) is 0. The van der Waals surface area contributed by atoms with E-state index in [-0.39, 0.29) is 5.91 Å². The molecule has 1 atom stereocenters. The van der Waals surface area contributed by atoms with Crippen LogP contribution in [0, 0.1) is 5.92 Å². The van der Waals surface area contributed by atoms with Gasteiger partial charge >= 0.3 is 0 Å². The second-order valence-corrected chi connectivity index (χ2v) is 7.27. The quantitative estimate of drug-likeness (QED) is 0.850. The molecule has 0 bridgehead atoms. The van der Waals surface area contributed by atoms with Gasteiger partial charge in [-0.25, -0.2) is 0 Å². The highest BCUT2D eigenvalue weighted by Gasteiger charge is 2.24. The van der Waals surface area contributed by atoms with Crippen molar-refractivity contribution < 1.29 is 13.9 Å². The summed E-state index contributed by atoms with van der Waals surface area (Å²) in [5.41, 5.74) is 1.97. The molecule has 2 aromatic rings. The molecule has 1 aromatic carbocycles. The molecule has 1 aromatic heterocycles. The molecule has 1 saturated heterocycles. The molecule has 0 aliphatic carbocycles. The van der Waals surface area contributed by atoms with Crippen LogP contribution < -0.4 is 4.74 Å². The maximum absolute atomic E-state index is 12.5. The second kappa shape index (κ2) is 7.96. The van der Waals surface area contributed by atoms with Gasteiger partial charge in [-0.1, -0.05) is 18.2 Å². The van der Waals surface area contributed by atoms with Crippen molar-refractivity contribution in [2.45, 2.75) is 19.3 Å². The third-order valence-electron chi connectivity index (χ3n) is 5.43. The van der Waals surface area contributed by atoms with Gasteiger partial charge in [0, 0.05) is 26.2 Å². The highest BCUT2D eigenvalue weighted by atomic mass is 16.5. The van der Waals surface area contributed by atoms with Gasteiger partial charge < -0.3 is 19.0 Å². The number of amides is 1. The molecule has 26 heavy (non-hydrogen) atoms. The van der Waals surface area contributed by atoms with E-state index in [1.54, 1.807) is 12.3 Å². The molecule has 138 valence electrons. The molecule has 0 N–H and O–H groups in total. The number of benzene rings is 1. The number of nitrogens with zero attached hydrogens (tertiary/aromatic N) is 2. The van der Waals surface area contributed by atoms with E-state index in [0.717, 1.165) is 64.3 Å². The standard InChI is InChI=1S/C21H26N2O3/c24-21(19-7-12-25-16-19)23-9-3-8-22(10-11-23)15-17-6-13-26-20-5-2-1-4-18(20)14-17/h1-2,4-5,7,12,16-17H,3,6,8-11,13-15H2. The lowest BCUT2D eigenvalue weighted by Crippen LogP contribution is -2.36. The van der Waals surface area contributed by atoms with E-state index in [4.69, 9.17) is 9.15 Å². The zero-order chi connectivity index (χ0) is 17.8. The summed E-state index contributed by atoms with van der Waals surface area (Å²) in [5.74, 6) is 1.73. The van der Waals surface area contributed by atoms with Gasteiger partial charge in [0.05, 0.1) is 18.4 Å². The van der Waals surface area contributed by atoms with E-state index in [1.807, 2.05) is 11.0 Å². The average Bonchev–Trinajstić information content (AvgIpc) is 2.99. The molecular weight excluding hydrogens is 328 g/mol. The van der Waals surface area contributed by atoms with E-state index in [2.05, 4.69) is 23.1 Å². The molecule has 4 rings (SSSR count). The highest BCUT2D eigenvalue weighted by Crippen LogP contribution is 2.27. The molecule has 5 nitrogen and oxygen atoms in total. The van der Waals surface area contributed by atoms with Crippen molar-refractivity contribution in [3.8, 4) is 5.75 Å². The third kappa shape index (κ3) is 3.93. The maximum Gasteiger partial charge on any atom is 0.257 e. The number of carbonyl (C=O) groups excluding carboxylic acids is 1. The van der Waals surface area contributed by atoms with Crippen LogP contribution in [-0.2, 0) is 6.42 Å². The van der Waals surface area contributed by atoms with Crippen molar-refractivity contribution >= 4 is 5.91 Å². The number of para-hydroxylation sites is 1. The summed E-state index contributed by atoms with van der Waals surface area (Å²) >= 11 is 0. The SMILES string of the molecule is O=C(c1ccoc1)N1CCCN(CC2CCOc3ccccc3C2)CC1. The average molecular weight is 354 g/mol. The molecule has 3 heterocycles. The van der Waals surface area contributed by atoms with Gasteiger partial charge in [-0.2, -0.15) is 0 Å². The van der Waals surface area contributed by atoms with Crippen LogP contribution >= 0.6 is 0 Å². The van der Waals surface area contributed by atoms with Gasteiger partial charge in [0.1, 0.15) is 12.0 Å². The normalized spacial score (nSPS) is 21.4. The van der Waals surface area contributed by atoms with Crippen LogP contribution in [0.4, 0.5) is 0 Å². The first kappa shape index (κ1) is 17.2. The summed E-state index contributed by atoms with van der Waals surface area (Å²) < 4.78 is 11.0. The van der Waals surface area contributed by atoms with Crippen LogP contribution in [0.15, 0.2) is 47.3 Å². The Hall–Kier alpha value is -2.27. The molecule has 1 amide bonds. The molecule has 0 radical (unpaired) electrons. The zero-order valence-electron chi connectivity index (χ0n) is 15.1. The Kier molecular flexibility index (Phi) is 5.25. The lowest BCUT2D eigenvalue weighted by Gasteiger charge is -2.25. The zero-order valence-corrected chi connectivity index (χ0v) is 15.1. The minimum Gasteiger partial charge on any atom is -0.493 e. The van der Waals surface area contributed by atoms with Gasteiger partial charge in [0.25, 0.3) is 5.91 Å². The van der Waals surface area contributed by atoms with Crippen molar-refractivity contribution in [3.63, 3.8) is 0 Å². The number of rotatable bonds is 3. The Morgan fingerprint density at radius 2 is 2.04 bits per heavy atom. The summed E-state index contributed by atoms with van der Waals surface area (Å²) in [4.78, 5) is 17.0. The second-order valence-electron chi connectivity index (χ2n) is 7.27. The minimum atomic E-state index is 0.0809. The Morgan fingerprint density at radius 1 is 1.12 bits per heavy atom. The molecule has 1 fully saturated rings. The van der Waals surface area contributed by atoms with Crippen LogP contribution in [0.2, 0.25) is 0 Å². The molecule has 0 spiro atoms. The summed E-state index contributed by atoms with van der Waals surface area (Å²) in [5, 5.41) is 0. The number of furan rings is 1. The summed E-state index contributed by atoms with van der Waals surface area (Å²) in [7, 11) is 0. The fraction of sp³-hybridized carbons (Fsp3) is 0.476. The smallest absolute Gasteiger partial charge is 0.257 e. The first-order valence-corrected chi connectivity index (χ1v) is 9.54. The number of carbonyl (C=O) groups is 1. The fourth-order valence-electron chi connectivity index (χ4n) is 4.01. The first-order chi connectivity index (χ1) is 12.8. The lowest BCUT2D eigenvalue weighted by atomic mass is 9.96. The Balaban J connectivity index is 1.34.